The number of hydrogen-bond donors (Lipinski definition) is 1. The van der Waals surface area contributed by atoms with E-state index in [4.69, 9.17) is 11.6 Å². The second-order valence-corrected chi connectivity index (χ2v) is 7.19. The SMILES string of the molecule is O=C1C[C@H]([NH+]2CC=C(c3ccccc3)CC2)C(=O)N1c1ccc(Cl)cc1. The summed E-state index contributed by atoms with van der Waals surface area (Å²) in [6.07, 6.45) is 3.39. The molecular weight excluding hydrogens is 348 g/mol. The van der Waals surface area contributed by atoms with E-state index in [0.717, 1.165) is 19.5 Å². The van der Waals surface area contributed by atoms with E-state index in [9.17, 15) is 9.59 Å². The lowest BCUT2D eigenvalue weighted by atomic mass is 9.98. The summed E-state index contributed by atoms with van der Waals surface area (Å²) in [6, 6.07) is 16.9. The maximum absolute atomic E-state index is 12.9. The van der Waals surface area contributed by atoms with E-state index in [-0.39, 0.29) is 24.3 Å². The highest BCUT2D eigenvalue weighted by atomic mass is 35.5. The minimum atomic E-state index is -0.299. The first-order valence-corrected chi connectivity index (χ1v) is 9.22. The number of amides is 2. The Hall–Kier alpha value is -2.43. The smallest absolute Gasteiger partial charge is 0.292 e. The molecule has 0 aromatic heterocycles. The van der Waals surface area contributed by atoms with Crippen molar-refractivity contribution < 1.29 is 14.5 Å². The van der Waals surface area contributed by atoms with E-state index < -0.39 is 0 Å². The average molecular weight is 368 g/mol. The highest BCUT2D eigenvalue weighted by Crippen LogP contribution is 2.24. The fourth-order valence-corrected chi connectivity index (χ4v) is 3.92. The Morgan fingerprint density at radius 1 is 1.00 bits per heavy atom. The Labute approximate surface area is 157 Å². The fraction of sp³-hybridized carbons (Fsp3) is 0.238. The number of nitrogens with zero attached hydrogens (tertiary/aromatic N) is 1. The van der Waals surface area contributed by atoms with E-state index >= 15 is 0 Å². The summed E-state index contributed by atoms with van der Waals surface area (Å²) in [6.45, 7) is 1.63. The van der Waals surface area contributed by atoms with Crippen molar-refractivity contribution in [1.82, 2.24) is 0 Å². The van der Waals surface area contributed by atoms with Crippen LogP contribution < -0.4 is 9.80 Å². The number of quaternary nitrogens is 1. The molecule has 132 valence electrons. The molecule has 2 amide bonds. The van der Waals surface area contributed by atoms with Crippen molar-refractivity contribution in [3.05, 3.63) is 71.3 Å². The molecule has 1 N–H and O–H groups in total. The molecule has 2 heterocycles. The van der Waals surface area contributed by atoms with Crippen molar-refractivity contribution >= 4 is 34.7 Å². The molecule has 26 heavy (non-hydrogen) atoms. The van der Waals surface area contributed by atoms with Crippen LogP contribution in [0.3, 0.4) is 0 Å². The summed E-state index contributed by atoms with van der Waals surface area (Å²) in [4.78, 5) is 27.8. The Balaban J connectivity index is 1.49. The first-order valence-electron chi connectivity index (χ1n) is 8.85. The Morgan fingerprint density at radius 2 is 1.73 bits per heavy atom. The molecule has 0 aliphatic carbocycles. The zero-order valence-corrected chi connectivity index (χ0v) is 15.1. The number of nitrogens with one attached hydrogen (secondary N) is 1. The van der Waals surface area contributed by atoms with Gasteiger partial charge in [0.05, 0.1) is 25.2 Å². The molecule has 0 saturated carbocycles. The number of benzene rings is 2. The number of carbonyl (C=O) groups excluding carboxylic acids is 2. The fourth-order valence-electron chi connectivity index (χ4n) is 3.80. The lowest BCUT2D eigenvalue weighted by molar-refractivity contribution is -0.909. The first-order chi connectivity index (χ1) is 12.6. The van der Waals surface area contributed by atoms with Gasteiger partial charge in [-0.15, -0.1) is 0 Å². The van der Waals surface area contributed by atoms with Gasteiger partial charge in [-0.2, -0.15) is 0 Å². The Morgan fingerprint density at radius 3 is 2.38 bits per heavy atom. The highest BCUT2D eigenvalue weighted by Gasteiger charge is 2.45. The second kappa shape index (κ2) is 7.06. The van der Waals surface area contributed by atoms with Gasteiger partial charge in [0, 0.05) is 11.4 Å². The van der Waals surface area contributed by atoms with Crippen molar-refractivity contribution in [3.63, 3.8) is 0 Å². The second-order valence-electron chi connectivity index (χ2n) is 6.76. The molecular formula is C21H20ClN2O2+. The maximum Gasteiger partial charge on any atom is 0.292 e. The third-order valence-electron chi connectivity index (χ3n) is 5.19. The molecule has 2 aromatic carbocycles. The van der Waals surface area contributed by atoms with Gasteiger partial charge in [0.2, 0.25) is 5.91 Å². The normalized spacial score (nSPS) is 23.3. The third kappa shape index (κ3) is 3.18. The van der Waals surface area contributed by atoms with Crippen LogP contribution in [0.25, 0.3) is 5.57 Å². The zero-order valence-electron chi connectivity index (χ0n) is 14.3. The lowest BCUT2D eigenvalue weighted by Crippen LogP contribution is -3.17. The Bertz CT molecular complexity index is 861. The van der Waals surface area contributed by atoms with E-state index in [1.54, 1.807) is 24.3 Å². The van der Waals surface area contributed by atoms with Gasteiger partial charge in [0.1, 0.15) is 0 Å². The van der Waals surface area contributed by atoms with E-state index in [2.05, 4.69) is 18.2 Å². The monoisotopic (exact) mass is 367 g/mol. The van der Waals surface area contributed by atoms with Crippen LogP contribution in [-0.2, 0) is 9.59 Å². The molecule has 2 aliphatic rings. The summed E-state index contributed by atoms with van der Waals surface area (Å²) >= 11 is 5.91. The van der Waals surface area contributed by atoms with Crippen LogP contribution in [0.2, 0.25) is 5.02 Å². The molecule has 2 atom stereocenters. The summed E-state index contributed by atoms with van der Waals surface area (Å²) in [5, 5.41) is 0.588. The average Bonchev–Trinajstić information content (AvgIpc) is 2.98. The van der Waals surface area contributed by atoms with E-state index in [1.807, 2.05) is 18.2 Å². The van der Waals surface area contributed by atoms with E-state index in [0.29, 0.717) is 10.7 Å². The van der Waals surface area contributed by atoms with Gasteiger partial charge in [-0.3, -0.25) is 9.59 Å². The Kier molecular flexibility index (Phi) is 4.62. The number of anilines is 1. The van der Waals surface area contributed by atoms with Crippen LogP contribution in [0.1, 0.15) is 18.4 Å². The van der Waals surface area contributed by atoms with Gasteiger partial charge >= 0.3 is 0 Å². The molecule has 2 aromatic rings. The third-order valence-corrected chi connectivity index (χ3v) is 5.45. The van der Waals surface area contributed by atoms with Crippen LogP contribution >= 0.6 is 11.6 Å². The molecule has 4 nitrogen and oxygen atoms in total. The lowest BCUT2D eigenvalue weighted by Gasteiger charge is -2.27. The van der Waals surface area contributed by atoms with Crippen LogP contribution in [-0.4, -0.2) is 30.9 Å². The van der Waals surface area contributed by atoms with Gasteiger partial charge in [-0.05, 0) is 41.5 Å². The maximum atomic E-state index is 12.9. The summed E-state index contributed by atoms with van der Waals surface area (Å²) in [5.74, 6) is -0.239. The van der Waals surface area contributed by atoms with Crippen LogP contribution in [0.15, 0.2) is 60.7 Å². The van der Waals surface area contributed by atoms with Crippen LogP contribution in [0, 0.1) is 0 Å². The number of halogens is 1. The predicted octanol–water partition coefficient (Wildman–Crippen LogP) is 2.34. The predicted molar refractivity (Wildman–Crippen MR) is 102 cm³/mol. The number of carbonyl (C=O) groups is 2. The van der Waals surface area contributed by atoms with Gasteiger partial charge in [-0.25, -0.2) is 4.90 Å². The van der Waals surface area contributed by atoms with E-state index in [1.165, 1.54) is 20.9 Å². The summed E-state index contributed by atoms with van der Waals surface area (Å²) < 4.78 is 0. The van der Waals surface area contributed by atoms with Gasteiger partial charge in [-0.1, -0.05) is 41.9 Å². The van der Waals surface area contributed by atoms with Crippen molar-refractivity contribution in [1.29, 1.82) is 0 Å². The van der Waals surface area contributed by atoms with Crippen molar-refractivity contribution in [2.45, 2.75) is 18.9 Å². The topological polar surface area (TPSA) is 41.8 Å². The van der Waals surface area contributed by atoms with Gasteiger partial charge in [0.15, 0.2) is 6.04 Å². The molecule has 0 bridgehead atoms. The first kappa shape index (κ1) is 17.0. The number of rotatable bonds is 3. The molecule has 1 fully saturated rings. The van der Waals surface area contributed by atoms with Gasteiger partial charge < -0.3 is 4.90 Å². The standard InChI is InChI=1S/C21H19ClN2O2/c22-17-6-8-18(9-7-17)24-20(25)14-19(21(24)26)23-12-10-16(11-13-23)15-4-2-1-3-5-15/h1-10,19H,11-14H2/p+1/t19-/m0/s1. The quantitative estimate of drug-likeness (QED) is 0.846. The van der Waals surface area contributed by atoms with Crippen LogP contribution in [0.5, 0.6) is 0 Å². The highest BCUT2D eigenvalue weighted by molar-refractivity contribution is 6.30. The van der Waals surface area contributed by atoms with Crippen molar-refractivity contribution in [2.75, 3.05) is 18.0 Å². The molecule has 5 heteroatoms. The largest absolute Gasteiger partial charge is 0.321 e. The zero-order chi connectivity index (χ0) is 18.1. The summed E-state index contributed by atoms with van der Waals surface area (Å²) in [5.41, 5.74) is 3.16. The molecule has 2 aliphatic heterocycles. The van der Waals surface area contributed by atoms with Gasteiger partial charge in [0.25, 0.3) is 5.91 Å². The molecule has 1 unspecified atom stereocenters. The van der Waals surface area contributed by atoms with Crippen molar-refractivity contribution in [2.24, 2.45) is 0 Å². The van der Waals surface area contributed by atoms with Crippen LogP contribution in [0.4, 0.5) is 5.69 Å². The van der Waals surface area contributed by atoms with Crippen molar-refractivity contribution in [3.8, 4) is 0 Å². The number of imide groups is 1. The molecule has 0 spiro atoms. The molecule has 1 saturated heterocycles. The number of hydrogen-bond acceptors (Lipinski definition) is 2. The minimum Gasteiger partial charge on any atom is -0.321 e. The molecule has 0 radical (unpaired) electrons. The minimum absolute atomic E-state index is 0.108. The molecule has 4 rings (SSSR count). The summed E-state index contributed by atoms with van der Waals surface area (Å²) in [7, 11) is 0.